The van der Waals surface area contributed by atoms with E-state index in [0.717, 1.165) is 30.5 Å². The fourth-order valence-corrected chi connectivity index (χ4v) is 2.11. The van der Waals surface area contributed by atoms with Crippen molar-refractivity contribution in [3.8, 4) is 0 Å². The Kier molecular flexibility index (Phi) is 7.53. The molecule has 136 valence electrons. The quantitative estimate of drug-likeness (QED) is 0.609. The summed E-state index contributed by atoms with van der Waals surface area (Å²) < 4.78 is 0. The fourth-order valence-electron chi connectivity index (χ4n) is 2.11. The average Bonchev–Trinajstić information content (AvgIpc) is 2.64. The van der Waals surface area contributed by atoms with Crippen LogP contribution in [0.3, 0.4) is 0 Å². The maximum Gasteiger partial charge on any atom is 0.222 e. The van der Waals surface area contributed by atoms with Gasteiger partial charge >= 0.3 is 0 Å². The van der Waals surface area contributed by atoms with Gasteiger partial charge in [-0.2, -0.15) is 0 Å². The minimum atomic E-state index is -0.479. The van der Waals surface area contributed by atoms with Gasteiger partial charge in [0.1, 0.15) is 0 Å². The third-order valence-electron chi connectivity index (χ3n) is 4.05. The summed E-state index contributed by atoms with van der Waals surface area (Å²) in [5, 5.41) is 16.4. The number of aliphatic hydroxyl groups excluding tert-OH is 1. The van der Waals surface area contributed by atoms with Gasteiger partial charge in [-0.15, -0.1) is 0 Å². The van der Waals surface area contributed by atoms with E-state index in [2.05, 4.69) is 44.4 Å². The van der Waals surface area contributed by atoms with E-state index in [1.54, 1.807) is 12.4 Å². The van der Waals surface area contributed by atoms with Crippen molar-refractivity contribution in [2.75, 3.05) is 23.7 Å². The van der Waals surface area contributed by atoms with E-state index in [4.69, 9.17) is 0 Å². The molecule has 0 aliphatic carbocycles. The number of aliphatic hydroxyl groups is 1. The lowest BCUT2D eigenvalue weighted by Gasteiger charge is -2.12. The first-order valence-corrected chi connectivity index (χ1v) is 8.82. The normalized spacial score (nSPS) is 13.3. The van der Waals surface area contributed by atoms with Crippen molar-refractivity contribution in [2.45, 2.75) is 46.1 Å². The zero-order valence-electron chi connectivity index (χ0n) is 15.2. The molecule has 7 nitrogen and oxygen atoms in total. The Morgan fingerprint density at radius 2 is 1.52 bits per heavy atom. The molecule has 25 heavy (non-hydrogen) atoms. The Bertz CT molecular complexity index is 616. The van der Waals surface area contributed by atoms with Crippen LogP contribution in [0.4, 0.5) is 11.9 Å². The molecule has 2 rings (SSSR count). The van der Waals surface area contributed by atoms with Gasteiger partial charge in [0.2, 0.25) is 11.9 Å². The van der Waals surface area contributed by atoms with Crippen molar-refractivity contribution in [3.05, 3.63) is 35.9 Å². The lowest BCUT2D eigenvalue weighted by Crippen LogP contribution is -2.21. The van der Waals surface area contributed by atoms with Gasteiger partial charge < -0.3 is 15.7 Å². The molecule has 3 N–H and O–H groups in total. The second-order valence-corrected chi connectivity index (χ2v) is 6.47. The summed E-state index contributed by atoms with van der Waals surface area (Å²) in [6, 6.07) is 0. The highest BCUT2D eigenvalue weighted by atomic mass is 16.3. The van der Waals surface area contributed by atoms with Gasteiger partial charge in [0.25, 0.3) is 0 Å². The molecule has 7 heteroatoms. The van der Waals surface area contributed by atoms with Crippen molar-refractivity contribution < 1.29 is 5.11 Å². The maximum absolute atomic E-state index is 10.1. The topological polar surface area (TPSA) is 95.9 Å². The van der Waals surface area contributed by atoms with Crippen LogP contribution in [0.15, 0.2) is 24.8 Å². The van der Waals surface area contributed by atoms with Gasteiger partial charge in [-0.1, -0.05) is 20.3 Å². The van der Waals surface area contributed by atoms with Gasteiger partial charge in [0.05, 0.1) is 6.10 Å². The van der Waals surface area contributed by atoms with Crippen LogP contribution < -0.4 is 10.6 Å². The molecule has 2 unspecified atom stereocenters. The van der Waals surface area contributed by atoms with Crippen LogP contribution in [0.1, 0.15) is 37.8 Å². The summed E-state index contributed by atoms with van der Waals surface area (Å²) in [6.45, 7) is 7.59. The number of anilines is 2. The van der Waals surface area contributed by atoms with E-state index in [9.17, 15) is 5.11 Å². The summed E-state index contributed by atoms with van der Waals surface area (Å²) in [5.74, 6) is 1.79. The van der Waals surface area contributed by atoms with E-state index in [-0.39, 0.29) is 0 Å². The molecular weight excluding hydrogens is 316 g/mol. The van der Waals surface area contributed by atoms with Crippen LogP contribution >= 0.6 is 0 Å². The van der Waals surface area contributed by atoms with Gasteiger partial charge in [-0.05, 0) is 36.8 Å². The molecule has 2 aromatic heterocycles. The Balaban J connectivity index is 1.70. The SMILES string of the molecule is CCC(C)CNc1ncc(CCC(O)CNc2ncc(C)cn2)cn1. The molecule has 0 aliphatic heterocycles. The first-order chi connectivity index (χ1) is 12.1. The lowest BCUT2D eigenvalue weighted by molar-refractivity contribution is 0.177. The van der Waals surface area contributed by atoms with Crippen molar-refractivity contribution in [1.29, 1.82) is 0 Å². The molecule has 0 fully saturated rings. The highest BCUT2D eigenvalue weighted by Crippen LogP contribution is 2.08. The number of aromatic nitrogens is 4. The molecular formula is C18H28N6O. The molecule has 2 atom stereocenters. The maximum atomic E-state index is 10.1. The number of nitrogens with zero attached hydrogens (tertiary/aromatic N) is 4. The third kappa shape index (κ3) is 7.01. The summed E-state index contributed by atoms with van der Waals surface area (Å²) in [5.41, 5.74) is 2.02. The molecule has 0 saturated carbocycles. The largest absolute Gasteiger partial charge is 0.391 e. The van der Waals surface area contributed by atoms with Crippen molar-refractivity contribution >= 4 is 11.9 Å². The molecule has 0 bridgehead atoms. The lowest BCUT2D eigenvalue weighted by atomic mass is 10.1. The minimum Gasteiger partial charge on any atom is -0.391 e. The molecule has 0 radical (unpaired) electrons. The summed E-state index contributed by atoms with van der Waals surface area (Å²) in [4.78, 5) is 17.0. The number of hydrogen-bond donors (Lipinski definition) is 3. The Labute approximate surface area is 149 Å². The predicted octanol–water partition coefficient (Wildman–Crippen LogP) is 2.44. The smallest absolute Gasteiger partial charge is 0.222 e. The van der Waals surface area contributed by atoms with Gasteiger partial charge in [-0.25, -0.2) is 19.9 Å². The summed E-state index contributed by atoms with van der Waals surface area (Å²) in [6.07, 6.45) is 9.12. The van der Waals surface area contributed by atoms with E-state index in [0.29, 0.717) is 30.8 Å². The van der Waals surface area contributed by atoms with Crippen LogP contribution in [0.25, 0.3) is 0 Å². The summed E-state index contributed by atoms with van der Waals surface area (Å²) in [7, 11) is 0. The van der Waals surface area contributed by atoms with E-state index in [1.165, 1.54) is 0 Å². The van der Waals surface area contributed by atoms with Crippen molar-refractivity contribution in [3.63, 3.8) is 0 Å². The Morgan fingerprint density at radius 1 is 0.960 bits per heavy atom. The Morgan fingerprint density at radius 3 is 2.12 bits per heavy atom. The summed E-state index contributed by atoms with van der Waals surface area (Å²) >= 11 is 0. The van der Waals surface area contributed by atoms with Crippen LogP contribution in [0.5, 0.6) is 0 Å². The number of rotatable bonds is 10. The van der Waals surface area contributed by atoms with E-state index >= 15 is 0 Å². The second kappa shape index (κ2) is 9.88. The van der Waals surface area contributed by atoms with Gasteiger partial charge in [0, 0.05) is 37.9 Å². The standard InChI is InChI=1S/C18H28N6O/c1-4-13(2)7-19-18-22-10-15(11-23-18)5-6-16(25)12-24-17-20-8-14(3)9-21-17/h8-11,13,16,25H,4-7,12H2,1-3H3,(H,19,22,23)(H,20,21,24). The zero-order valence-corrected chi connectivity index (χ0v) is 15.2. The van der Waals surface area contributed by atoms with Crippen molar-refractivity contribution in [2.24, 2.45) is 5.92 Å². The van der Waals surface area contributed by atoms with Crippen LogP contribution in [-0.4, -0.2) is 44.2 Å². The van der Waals surface area contributed by atoms with Crippen LogP contribution in [0.2, 0.25) is 0 Å². The first kappa shape index (κ1) is 19.1. The molecule has 0 saturated heterocycles. The van der Waals surface area contributed by atoms with E-state index in [1.807, 2.05) is 19.3 Å². The average molecular weight is 344 g/mol. The molecule has 2 aromatic rings. The van der Waals surface area contributed by atoms with Crippen molar-refractivity contribution in [1.82, 2.24) is 19.9 Å². The molecule has 2 heterocycles. The molecule has 0 aromatic carbocycles. The molecule has 0 spiro atoms. The Hall–Kier alpha value is -2.28. The number of nitrogens with one attached hydrogen (secondary N) is 2. The van der Waals surface area contributed by atoms with E-state index < -0.39 is 6.10 Å². The first-order valence-electron chi connectivity index (χ1n) is 8.82. The highest BCUT2D eigenvalue weighted by Gasteiger charge is 2.07. The fraction of sp³-hybridized carbons (Fsp3) is 0.556. The predicted molar refractivity (Wildman–Crippen MR) is 99.6 cm³/mol. The zero-order chi connectivity index (χ0) is 18.1. The molecule has 0 amide bonds. The monoisotopic (exact) mass is 344 g/mol. The highest BCUT2D eigenvalue weighted by molar-refractivity contribution is 5.25. The second-order valence-electron chi connectivity index (χ2n) is 6.47. The molecule has 0 aliphatic rings. The minimum absolute atomic E-state index is 0.415. The third-order valence-corrected chi connectivity index (χ3v) is 4.05. The van der Waals surface area contributed by atoms with Gasteiger partial charge in [-0.3, -0.25) is 0 Å². The van der Waals surface area contributed by atoms with Gasteiger partial charge in [0.15, 0.2) is 0 Å². The van der Waals surface area contributed by atoms with Crippen LogP contribution in [-0.2, 0) is 6.42 Å². The number of aryl methyl sites for hydroxylation is 2. The number of hydrogen-bond acceptors (Lipinski definition) is 7. The van der Waals surface area contributed by atoms with Crippen LogP contribution in [0, 0.1) is 12.8 Å².